The van der Waals surface area contributed by atoms with Gasteiger partial charge in [0.05, 0.1) is 17.8 Å². The van der Waals surface area contributed by atoms with E-state index in [0.29, 0.717) is 12.3 Å². The van der Waals surface area contributed by atoms with E-state index in [-0.39, 0.29) is 16.3 Å². The first kappa shape index (κ1) is 12.3. The van der Waals surface area contributed by atoms with Crippen LogP contribution >= 0.6 is 24.2 Å². The van der Waals surface area contributed by atoms with Crippen LogP contribution in [-0.2, 0) is 6.54 Å². The average Bonchev–Trinajstić information content (AvgIpc) is 2.46. The molecule has 0 bridgehead atoms. The minimum Gasteiger partial charge on any atom is -0.358 e. The van der Waals surface area contributed by atoms with Gasteiger partial charge in [-0.3, -0.25) is 0 Å². The van der Waals surface area contributed by atoms with E-state index in [2.05, 4.69) is 17.7 Å². The summed E-state index contributed by atoms with van der Waals surface area (Å²) < 4.78 is 1.48. The van der Waals surface area contributed by atoms with Gasteiger partial charge in [-0.05, 0) is 16.1 Å². The zero-order chi connectivity index (χ0) is 11.6. The van der Waals surface area contributed by atoms with Gasteiger partial charge in [-0.1, -0.05) is 25.4 Å². The number of halogens is 1. The monoisotopic (exact) mass is 249 g/mol. The van der Waals surface area contributed by atoms with Gasteiger partial charge < -0.3 is 10.1 Å². The SMILES string of the molecule is CC(C)(CS)Cn1cc(Cl)c([N+](=O)[O-])n1. The maximum atomic E-state index is 10.5. The van der Waals surface area contributed by atoms with Crippen LogP contribution in [0.5, 0.6) is 0 Å². The molecule has 0 aliphatic heterocycles. The summed E-state index contributed by atoms with van der Waals surface area (Å²) in [6.45, 7) is 4.55. The van der Waals surface area contributed by atoms with Crippen LogP contribution in [0.2, 0.25) is 5.02 Å². The number of rotatable bonds is 4. The lowest BCUT2D eigenvalue weighted by Gasteiger charge is -2.19. The summed E-state index contributed by atoms with van der Waals surface area (Å²) in [6.07, 6.45) is 1.46. The van der Waals surface area contributed by atoms with Crippen molar-refractivity contribution >= 4 is 30.0 Å². The maximum absolute atomic E-state index is 10.5. The second kappa shape index (κ2) is 4.40. The van der Waals surface area contributed by atoms with Crippen molar-refractivity contribution in [2.75, 3.05) is 5.75 Å². The Labute approximate surface area is 98.0 Å². The summed E-state index contributed by atoms with van der Waals surface area (Å²) in [5.41, 5.74) is -0.0771. The molecular weight excluding hydrogens is 238 g/mol. The molecule has 0 saturated carbocycles. The molecule has 0 saturated heterocycles. The normalized spacial score (nSPS) is 11.7. The Bertz CT molecular complexity index is 378. The molecule has 0 atom stereocenters. The third kappa shape index (κ3) is 3.10. The Kier molecular flexibility index (Phi) is 3.62. The molecule has 0 fully saturated rings. The van der Waals surface area contributed by atoms with Gasteiger partial charge in [0.15, 0.2) is 5.02 Å². The van der Waals surface area contributed by atoms with Gasteiger partial charge in [-0.2, -0.15) is 17.3 Å². The first-order valence-electron chi connectivity index (χ1n) is 4.34. The topological polar surface area (TPSA) is 61.0 Å². The fraction of sp³-hybridized carbons (Fsp3) is 0.625. The number of nitrogens with zero attached hydrogens (tertiary/aromatic N) is 3. The van der Waals surface area contributed by atoms with Crippen molar-refractivity contribution in [1.82, 2.24) is 9.78 Å². The predicted octanol–water partition coefficient (Wildman–Crippen LogP) is 2.40. The number of hydrogen-bond donors (Lipinski definition) is 1. The molecule has 0 amide bonds. The molecule has 1 heterocycles. The zero-order valence-electron chi connectivity index (χ0n) is 8.47. The van der Waals surface area contributed by atoms with Crippen molar-refractivity contribution in [3.05, 3.63) is 21.3 Å². The third-order valence-electron chi connectivity index (χ3n) is 1.89. The van der Waals surface area contributed by atoms with Crippen molar-refractivity contribution in [2.24, 2.45) is 5.41 Å². The Balaban J connectivity index is 2.89. The van der Waals surface area contributed by atoms with E-state index in [0.717, 1.165) is 0 Å². The van der Waals surface area contributed by atoms with Gasteiger partial charge in [0.25, 0.3) is 0 Å². The summed E-state index contributed by atoms with van der Waals surface area (Å²) in [4.78, 5) is 9.91. The van der Waals surface area contributed by atoms with Gasteiger partial charge in [0.2, 0.25) is 0 Å². The molecular formula is C8H12ClN3O2S. The van der Waals surface area contributed by atoms with Crippen molar-refractivity contribution in [3.8, 4) is 0 Å². The zero-order valence-corrected chi connectivity index (χ0v) is 10.1. The molecule has 0 radical (unpaired) electrons. The Hall–Kier alpha value is -0.750. The second-order valence-electron chi connectivity index (χ2n) is 4.08. The quantitative estimate of drug-likeness (QED) is 0.506. The molecule has 1 aromatic rings. The molecule has 5 nitrogen and oxygen atoms in total. The standard InChI is InChI=1S/C8H12ClN3O2S/c1-8(2,5-15)4-11-3-6(9)7(10-11)12(13)14/h3,15H,4-5H2,1-2H3. The lowest BCUT2D eigenvalue weighted by molar-refractivity contribution is -0.389. The van der Waals surface area contributed by atoms with Crippen molar-refractivity contribution < 1.29 is 4.92 Å². The minimum absolute atomic E-state index is 0.0648. The van der Waals surface area contributed by atoms with Crippen LogP contribution in [0.15, 0.2) is 6.20 Å². The van der Waals surface area contributed by atoms with Crippen LogP contribution in [0.3, 0.4) is 0 Å². The van der Waals surface area contributed by atoms with E-state index >= 15 is 0 Å². The molecule has 15 heavy (non-hydrogen) atoms. The van der Waals surface area contributed by atoms with E-state index in [1.54, 1.807) is 0 Å². The molecule has 0 N–H and O–H groups in total. The molecule has 0 aliphatic rings. The minimum atomic E-state index is -0.591. The van der Waals surface area contributed by atoms with E-state index < -0.39 is 4.92 Å². The summed E-state index contributed by atoms with van der Waals surface area (Å²) in [5.74, 6) is 0.366. The van der Waals surface area contributed by atoms with Crippen molar-refractivity contribution in [3.63, 3.8) is 0 Å². The highest BCUT2D eigenvalue weighted by atomic mass is 35.5. The summed E-state index contributed by atoms with van der Waals surface area (Å²) >= 11 is 9.86. The van der Waals surface area contributed by atoms with Gasteiger partial charge >= 0.3 is 5.82 Å². The van der Waals surface area contributed by atoms with Gasteiger partial charge in [0, 0.05) is 0 Å². The maximum Gasteiger partial charge on any atom is 0.408 e. The highest BCUT2D eigenvalue weighted by molar-refractivity contribution is 7.80. The highest BCUT2D eigenvalue weighted by Gasteiger charge is 2.23. The summed E-state index contributed by atoms with van der Waals surface area (Å²) in [6, 6.07) is 0. The number of aromatic nitrogens is 2. The molecule has 0 aromatic carbocycles. The molecule has 0 aliphatic carbocycles. The molecule has 0 unspecified atom stereocenters. The molecule has 84 valence electrons. The predicted molar refractivity (Wildman–Crippen MR) is 61.5 cm³/mol. The first-order valence-corrected chi connectivity index (χ1v) is 5.35. The van der Waals surface area contributed by atoms with Gasteiger partial charge in [-0.15, -0.1) is 0 Å². The van der Waals surface area contributed by atoms with Crippen LogP contribution in [0.4, 0.5) is 5.82 Å². The summed E-state index contributed by atoms with van der Waals surface area (Å²) in [7, 11) is 0. The highest BCUT2D eigenvalue weighted by Crippen LogP contribution is 2.25. The fourth-order valence-electron chi connectivity index (χ4n) is 1.08. The van der Waals surface area contributed by atoms with Crippen LogP contribution in [0, 0.1) is 15.5 Å². The average molecular weight is 250 g/mol. The third-order valence-corrected chi connectivity index (χ3v) is 3.01. The van der Waals surface area contributed by atoms with Crippen LogP contribution < -0.4 is 0 Å². The lowest BCUT2D eigenvalue weighted by atomic mass is 9.97. The lowest BCUT2D eigenvalue weighted by Crippen LogP contribution is -2.21. The second-order valence-corrected chi connectivity index (χ2v) is 4.80. The van der Waals surface area contributed by atoms with Gasteiger partial charge in [0.1, 0.15) is 0 Å². The molecule has 0 spiro atoms. The molecule has 1 aromatic heterocycles. The van der Waals surface area contributed by atoms with E-state index in [1.807, 2.05) is 13.8 Å². The van der Waals surface area contributed by atoms with Crippen molar-refractivity contribution in [1.29, 1.82) is 0 Å². The molecule has 1 rings (SSSR count). The number of thiol groups is 1. The number of nitro groups is 1. The Morgan fingerprint density at radius 1 is 1.73 bits per heavy atom. The van der Waals surface area contributed by atoms with Gasteiger partial charge in [-0.25, -0.2) is 0 Å². The fourth-order valence-corrected chi connectivity index (χ4v) is 1.40. The smallest absolute Gasteiger partial charge is 0.358 e. The number of hydrogen-bond acceptors (Lipinski definition) is 4. The molecule has 7 heteroatoms. The van der Waals surface area contributed by atoms with Crippen molar-refractivity contribution in [2.45, 2.75) is 20.4 Å². The Morgan fingerprint density at radius 2 is 2.33 bits per heavy atom. The summed E-state index contributed by atoms with van der Waals surface area (Å²) in [5, 5.41) is 14.4. The van der Waals surface area contributed by atoms with Crippen LogP contribution in [0.1, 0.15) is 13.8 Å². The van der Waals surface area contributed by atoms with Crippen LogP contribution in [-0.4, -0.2) is 20.5 Å². The van der Waals surface area contributed by atoms with Crippen LogP contribution in [0.25, 0.3) is 0 Å². The first-order chi connectivity index (χ1) is 6.85. The van der Waals surface area contributed by atoms with E-state index in [1.165, 1.54) is 10.9 Å². The van der Waals surface area contributed by atoms with E-state index in [9.17, 15) is 10.1 Å². The van der Waals surface area contributed by atoms with E-state index in [4.69, 9.17) is 11.6 Å². The largest absolute Gasteiger partial charge is 0.408 e. The Morgan fingerprint density at radius 3 is 2.73 bits per heavy atom.